The van der Waals surface area contributed by atoms with E-state index in [1.807, 2.05) is 32.9 Å². The second-order valence-electron chi connectivity index (χ2n) is 5.00. The summed E-state index contributed by atoms with van der Waals surface area (Å²) in [6, 6.07) is 5.41. The van der Waals surface area contributed by atoms with Crippen molar-refractivity contribution in [1.82, 2.24) is 0 Å². The Kier molecular flexibility index (Phi) is 6.56. The molecule has 1 aromatic rings. The van der Waals surface area contributed by atoms with Crippen molar-refractivity contribution < 1.29 is 14.0 Å². The van der Waals surface area contributed by atoms with E-state index in [1.165, 1.54) is 0 Å². The third kappa shape index (κ3) is 3.99. The number of ketones is 2. The largest absolute Gasteiger partial charge is 0.296 e. The molecule has 0 N–H and O–H groups in total. The van der Waals surface area contributed by atoms with Crippen molar-refractivity contribution in [1.29, 1.82) is 0 Å². The van der Waals surface area contributed by atoms with Gasteiger partial charge in [0.1, 0.15) is 0 Å². The van der Waals surface area contributed by atoms with Crippen LogP contribution in [0.15, 0.2) is 18.2 Å². The summed E-state index contributed by atoms with van der Waals surface area (Å²) < 4.78 is 14.0. The molecule has 20 heavy (non-hydrogen) atoms. The lowest BCUT2D eigenvalue weighted by atomic mass is 9.94. The van der Waals surface area contributed by atoms with Crippen molar-refractivity contribution in [3.05, 3.63) is 34.9 Å². The van der Waals surface area contributed by atoms with Gasteiger partial charge in [0.15, 0.2) is 5.78 Å². The maximum Gasteiger partial charge on any atom is 0.220 e. The van der Waals surface area contributed by atoms with Crippen molar-refractivity contribution in [2.45, 2.75) is 59.0 Å². The number of alkyl halides is 1. The number of hydrogen-bond acceptors (Lipinski definition) is 2. The summed E-state index contributed by atoms with van der Waals surface area (Å²) in [5, 5.41) is 0. The average molecular weight is 278 g/mol. The van der Waals surface area contributed by atoms with Crippen LogP contribution in [-0.4, -0.2) is 17.7 Å². The average Bonchev–Trinajstić information content (AvgIpc) is 2.50. The molecule has 0 radical (unpaired) electrons. The summed E-state index contributed by atoms with van der Waals surface area (Å²) >= 11 is 0. The first-order chi connectivity index (χ1) is 9.54. The number of Topliss-reactive ketones (excluding diaryl/α,β-unsaturated/α-hetero) is 2. The Balaban J connectivity index is 2.93. The van der Waals surface area contributed by atoms with Crippen molar-refractivity contribution in [2.75, 3.05) is 0 Å². The lowest BCUT2D eigenvalue weighted by Gasteiger charge is -2.11. The van der Waals surface area contributed by atoms with Crippen LogP contribution >= 0.6 is 0 Å². The minimum atomic E-state index is -2.01. The molecule has 0 amide bonds. The maximum absolute atomic E-state index is 14.0. The van der Waals surface area contributed by atoms with Crippen molar-refractivity contribution in [3.8, 4) is 0 Å². The SMILES string of the molecule is CCCCC(=O)C(F)C(=O)c1ccc(CC)cc1CC. The fraction of sp³-hybridized carbons (Fsp3) is 0.529. The number of carbonyl (C=O) groups is 2. The quantitative estimate of drug-likeness (QED) is 0.530. The summed E-state index contributed by atoms with van der Waals surface area (Å²) in [4.78, 5) is 23.8. The van der Waals surface area contributed by atoms with E-state index >= 15 is 0 Å². The topological polar surface area (TPSA) is 34.1 Å². The Bertz CT molecular complexity index is 480. The summed E-state index contributed by atoms with van der Waals surface area (Å²) in [6.07, 6.45) is 1.10. The lowest BCUT2D eigenvalue weighted by molar-refractivity contribution is -0.122. The van der Waals surface area contributed by atoms with E-state index in [1.54, 1.807) is 6.07 Å². The molecule has 0 saturated heterocycles. The van der Waals surface area contributed by atoms with Crippen LogP contribution < -0.4 is 0 Å². The van der Waals surface area contributed by atoms with Crippen LogP contribution in [0.2, 0.25) is 0 Å². The van der Waals surface area contributed by atoms with Gasteiger partial charge in [0.25, 0.3) is 0 Å². The van der Waals surface area contributed by atoms with Gasteiger partial charge in [-0.1, -0.05) is 45.4 Å². The summed E-state index contributed by atoms with van der Waals surface area (Å²) in [7, 11) is 0. The zero-order chi connectivity index (χ0) is 15.1. The van der Waals surface area contributed by atoms with Crippen molar-refractivity contribution in [3.63, 3.8) is 0 Å². The Morgan fingerprint density at radius 2 is 1.85 bits per heavy atom. The van der Waals surface area contributed by atoms with E-state index in [4.69, 9.17) is 0 Å². The molecule has 1 unspecified atom stereocenters. The van der Waals surface area contributed by atoms with E-state index < -0.39 is 17.7 Å². The van der Waals surface area contributed by atoms with Gasteiger partial charge in [0.05, 0.1) is 0 Å². The molecule has 1 aromatic carbocycles. The molecule has 0 aromatic heterocycles. The Hall–Kier alpha value is -1.51. The van der Waals surface area contributed by atoms with Gasteiger partial charge >= 0.3 is 0 Å². The van der Waals surface area contributed by atoms with Gasteiger partial charge in [0, 0.05) is 12.0 Å². The van der Waals surface area contributed by atoms with E-state index in [9.17, 15) is 14.0 Å². The maximum atomic E-state index is 14.0. The van der Waals surface area contributed by atoms with E-state index in [2.05, 4.69) is 0 Å². The van der Waals surface area contributed by atoms with Crippen molar-refractivity contribution >= 4 is 11.6 Å². The Morgan fingerprint density at radius 1 is 1.15 bits per heavy atom. The number of unbranched alkanes of at least 4 members (excludes halogenated alkanes) is 1. The van der Waals surface area contributed by atoms with Gasteiger partial charge < -0.3 is 0 Å². The molecule has 0 saturated carbocycles. The smallest absolute Gasteiger partial charge is 0.220 e. The monoisotopic (exact) mass is 278 g/mol. The van der Waals surface area contributed by atoms with Crippen LogP contribution in [0.1, 0.15) is 61.5 Å². The van der Waals surface area contributed by atoms with Crippen molar-refractivity contribution in [2.24, 2.45) is 0 Å². The highest BCUT2D eigenvalue weighted by atomic mass is 19.1. The number of aryl methyl sites for hydroxylation is 2. The number of halogens is 1. The molecule has 110 valence electrons. The first-order valence-electron chi connectivity index (χ1n) is 7.37. The second-order valence-corrected chi connectivity index (χ2v) is 5.00. The molecule has 3 heteroatoms. The molecule has 0 bridgehead atoms. The molecular weight excluding hydrogens is 255 g/mol. The zero-order valence-electron chi connectivity index (χ0n) is 12.5. The van der Waals surface area contributed by atoms with E-state index in [0.29, 0.717) is 18.4 Å². The fourth-order valence-corrected chi connectivity index (χ4v) is 2.16. The van der Waals surface area contributed by atoms with Gasteiger partial charge in [-0.05, 0) is 30.4 Å². The predicted octanol–water partition coefficient (Wildman–Crippen LogP) is 4.09. The molecule has 0 aliphatic heterocycles. The minimum Gasteiger partial charge on any atom is -0.296 e. The molecule has 0 fully saturated rings. The van der Waals surface area contributed by atoms with Gasteiger partial charge in [-0.25, -0.2) is 4.39 Å². The summed E-state index contributed by atoms with van der Waals surface area (Å²) in [5.41, 5.74) is 2.29. The number of carbonyl (C=O) groups excluding carboxylic acids is 2. The summed E-state index contributed by atoms with van der Waals surface area (Å²) in [5.74, 6) is -1.29. The molecular formula is C17H23FO2. The van der Waals surface area contributed by atoms with Gasteiger partial charge in [0.2, 0.25) is 12.0 Å². The predicted molar refractivity (Wildman–Crippen MR) is 79.0 cm³/mol. The number of rotatable bonds is 8. The Morgan fingerprint density at radius 3 is 2.40 bits per heavy atom. The third-order valence-corrected chi connectivity index (χ3v) is 3.51. The standard InChI is InChI=1S/C17H23FO2/c1-4-7-8-15(19)16(18)17(20)14-10-9-12(5-2)11-13(14)6-3/h9-11,16H,4-8H2,1-3H3. The molecule has 0 spiro atoms. The van der Waals surface area contributed by atoms with Crippen LogP contribution in [0.4, 0.5) is 4.39 Å². The highest BCUT2D eigenvalue weighted by Crippen LogP contribution is 2.18. The molecule has 0 aliphatic carbocycles. The normalized spacial score (nSPS) is 12.2. The van der Waals surface area contributed by atoms with Crippen LogP contribution in [0.5, 0.6) is 0 Å². The first kappa shape index (κ1) is 16.5. The van der Waals surface area contributed by atoms with E-state index in [-0.39, 0.29) is 6.42 Å². The third-order valence-electron chi connectivity index (χ3n) is 3.51. The fourth-order valence-electron chi connectivity index (χ4n) is 2.16. The number of hydrogen-bond donors (Lipinski definition) is 0. The second kappa shape index (κ2) is 7.93. The highest BCUT2D eigenvalue weighted by Gasteiger charge is 2.27. The van der Waals surface area contributed by atoms with Crippen LogP contribution in [0.25, 0.3) is 0 Å². The highest BCUT2D eigenvalue weighted by molar-refractivity contribution is 6.13. The molecule has 2 nitrogen and oxygen atoms in total. The van der Waals surface area contributed by atoms with E-state index in [0.717, 1.165) is 24.0 Å². The number of benzene rings is 1. The molecule has 0 aliphatic rings. The van der Waals surface area contributed by atoms with Crippen LogP contribution in [0, 0.1) is 0 Å². The lowest BCUT2D eigenvalue weighted by Crippen LogP contribution is -2.26. The minimum absolute atomic E-state index is 0.137. The van der Waals surface area contributed by atoms with Gasteiger partial charge in [-0.3, -0.25) is 9.59 Å². The summed E-state index contributed by atoms with van der Waals surface area (Å²) in [6.45, 7) is 5.89. The van der Waals surface area contributed by atoms with Crippen LogP contribution in [0.3, 0.4) is 0 Å². The van der Waals surface area contributed by atoms with Gasteiger partial charge in [-0.2, -0.15) is 0 Å². The molecule has 1 atom stereocenters. The Labute approximate surface area is 120 Å². The molecule has 0 heterocycles. The first-order valence-corrected chi connectivity index (χ1v) is 7.37. The van der Waals surface area contributed by atoms with Crippen LogP contribution in [-0.2, 0) is 17.6 Å². The van der Waals surface area contributed by atoms with Gasteiger partial charge in [-0.15, -0.1) is 0 Å². The zero-order valence-corrected chi connectivity index (χ0v) is 12.5. The molecule has 1 rings (SSSR count).